The van der Waals surface area contributed by atoms with Crippen molar-refractivity contribution in [3.8, 4) is 22.6 Å². The monoisotopic (exact) mass is 511 g/mol. The van der Waals surface area contributed by atoms with E-state index in [1.165, 1.54) is 4.90 Å². The second-order valence-corrected chi connectivity index (χ2v) is 9.32. The molecule has 0 spiro atoms. The highest BCUT2D eigenvalue weighted by atomic mass is 16.5. The summed E-state index contributed by atoms with van der Waals surface area (Å²) in [5.74, 6) is 0.759. The zero-order valence-electron chi connectivity index (χ0n) is 22.4. The molecule has 0 radical (unpaired) electrons. The Balaban J connectivity index is 1.63. The Morgan fingerprint density at radius 2 is 1.58 bits per heavy atom. The van der Waals surface area contributed by atoms with Crippen molar-refractivity contribution >= 4 is 23.4 Å². The number of carbonyl (C=O) groups is 2. The van der Waals surface area contributed by atoms with Crippen LogP contribution in [0.5, 0.6) is 5.75 Å². The molecule has 8 nitrogen and oxygen atoms in total. The number of methoxy groups -OCH3 is 1. The molecular weight excluding hydrogens is 478 g/mol. The van der Waals surface area contributed by atoms with Gasteiger partial charge in [0.15, 0.2) is 0 Å². The predicted octanol–water partition coefficient (Wildman–Crippen LogP) is 6.05. The fourth-order valence-corrected chi connectivity index (χ4v) is 4.22. The largest absolute Gasteiger partial charge is 0.495 e. The maximum atomic E-state index is 13.4. The van der Waals surface area contributed by atoms with Gasteiger partial charge in [-0.3, -0.25) is 4.79 Å². The Bertz CT molecular complexity index is 1410. The minimum atomic E-state index is -0.397. The summed E-state index contributed by atoms with van der Waals surface area (Å²) in [4.78, 5) is 28.1. The number of rotatable bonds is 8. The average Bonchev–Trinajstić information content (AvgIpc) is 3.23. The van der Waals surface area contributed by atoms with Crippen LogP contribution in [0.4, 0.5) is 16.3 Å². The molecule has 196 valence electrons. The lowest BCUT2D eigenvalue weighted by molar-refractivity contribution is -0.117. The van der Waals surface area contributed by atoms with Crippen LogP contribution in [0, 0.1) is 13.8 Å². The first-order valence-corrected chi connectivity index (χ1v) is 12.5. The lowest BCUT2D eigenvalue weighted by Gasteiger charge is -2.27. The Morgan fingerprint density at radius 3 is 2.24 bits per heavy atom. The van der Waals surface area contributed by atoms with Crippen molar-refractivity contribution in [1.29, 1.82) is 0 Å². The van der Waals surface area contributed by atoms with Gasteiger partial charge in [0, 0.05) is 11.6 Å². The molecule has 1 heterocycles. The van der Waals surface area contributed by atoms with Crippen molar-refractivity contribution in [3.63, 3.8) is 0 Å². The fraction of sp³-hybridized carbons (Fsp3) is 0.233. The van der Waals surface area contributed by atoms with Crippen molar-refractivity contribution in [2.24, 2.45) is 0 Å². The van der Waals surface area contributed by atoms with E-state index in [9.17, 15) is 9.59 Å². The number of aromatic nitrogens is 2. The van der Waals surface area contributed by atoms with Crippen LogP contribution in [0.2, 0.25) is 0 Å². The van der Waals surface area contributed by atoms with Gasteiger partial charge >= 0.3 is 6.03 Å². The molecule has 3 aromatic carbocycles. The van der Waals surface area contributed by atoms with Gasteiger partial charge in [-0.1, -0.05) is 60.2 Å². The summed E-state index contributed by atoms with van der Waals surface area (Å²) in [5, 5.41) is 10.7. The summed E-state index contributed by atoms with van der Waals surface area (Å²) in [6, 6.07) is 24.3. The number of para-hydroxylation sites is 2. The SMILES string of the molecule is COc1ccccc1NC(=O)N(CC(=O)Nc1c(-c2ccccc2)c(C)nn1-c1ccc(C)cc1)C(C)C. The van der Waals surface area contributed by atoms with Crippen molar-refractivity contribution in [2.75, 3.05) is 24.3 Å². The Morgan fingerprint density at radius 1 is 0.921 bits per heavy atom. The number of hydrogen-bond acceptors (Lipinski definition) is 4. The van der Waals surface area contributed by atoms with Gasteiger partial charge in [0.25, 0.3) is 0 Å². The van der Waals surface area contributed by atoms with Crippen LogP contribution in [-0.2, 0) is 4.79 Å². The lowest BCUT2D eigenvalue weighted by atomic mass is 10.1. The first-order valence-electron chi connectivity index (χ1n) is 12.5. The average molecular weight is 512 g/mol. The zero-order valence-corrected chi connectivity index (χ0v) is 22.4. The third-order valence-corrected chi connectivity index (χ3v) is 6.21. The molecule has 0 fully saturated rings. The van der Waals surface area contributed by atoms with Crippen LogP contribution >= 0.6 is 0 Å². The molecule has 0 saturated carbocycles. The van der Waals surface area contributed by atoms with E-state index in [1.807, 2.05) is 94.4 Å². The number of nitrogens with zero attached hydrogens (tertiary/aromatic N) is 3. The summed E-state index contributed by atoms with van der Waals surface area (Å²) >= 11 is 0. The van der Waals surface area contributed by atoms with Gasteiger partial charge in [-0.05, 0) is 57.5 Å². The standard InChI is InChI=1S/C30H33N5O3/c1-20(2)34(30(37)31-25-13-9-10-14-26(25)38-5)19-27(36)32-29-28(23-11-7-6-8-12-23)22(4)33-35(29)24-17-15-21(3)16-18-24/h6-18,20H,19H2,1-5H3,(H,31,37)(H,32,36). The fourth-order valence-electron chi connectivity index (χ4n) is 4.22. The molecule has 0 unspecified atom stereocenters. The molecule has 4 rings (SSSR count). The van der Waals surface area contributed by atoms with Gasteiger partial charge in [0.05, 0.1) is 24.2 Å². The molecule has 0 aliphatic rings. The lowest BCUT2D eigenvalue weighted by Crippen LogP contribution is -2.44. The van der Waals surface area contributed by atoms with E-state index in [4.69, 9.17) is 9.84 Å². The highest BCUT2D eigenvalue weighted by Crippen LogP contribution is 2.33. The predicted molar refractivity (Wildman–Crippen MR) is 151 cm³/mol. The third-order valence-electron chi connectivity index (χ3n) is 6.21. The molecule has 3 amide bonds. The number of anilines is 2. The first kappa shape index (κ1) is 26.5. The van der Waals surface area contributed by atoms with Gasteiger partial charge in [-0.25, -0.2) is 9.48 Å². The molecule has 2 N–H and O–H groups in total. The van der Waals surface area contributed by atoms with Gasteiger partial charge in [-0.2, -0.15) is 5.10 Å². The van der Waals surface area contributed by atoms with Crippen LogP contribution in [0.1, 0.15) is 25.1 Å². The molecule has 0 bridgehead atoms. The Kier molecular flexibility index (Phi) is 8.11. The Hall–Kier alpha value is -4.59. The van der Waals surface area contributed by atoms with Gasteiger partial charge in [-0.15, -0.1) is 0 Å². The molecular formula is C30H33N5O3. The number of urea groups is 1. The zero-order chi connectivity index (χ0) is 27.2. The minimum Gasteiger partial charge on any atom is -0.495 e. The van der Waals surface area contributed by atoms with E-state index in [1.54, 1.807) is 23.9 Å². The second kappa shape index (κ2) is 11.6. The normalized spacial score (nSPS) is 10.8. The van der Waals surface area contributed by atoms with E-state index in [0.29, 0.717) is 17.3 Å². The van der Waals surface area contributed by atoms with Crippen molar-refractivity contribution < 1.29 is 14.3 Å². The number of hydrogen-bond donors (Lipinski definition) is 2. The van der Waals surface area contributed by atoms with E-state index in [0.717, 1.165) is 28.1 Å². The van der Waals surface area contributed by atoms with Crippen molar-refractivity contribution in [3.05, 3.63) is 90.1 Å². The maximum absolute atomic E-state index is 13.4. The van der Waals surface area contributed by atoms with Crippen molar-refractivity contribution in [2.45, 2.75) is 33.7 Å². The number of nitrogens with one attached hydrogen (secondary N) is 2. The van der Waals surface area contributed by atoms with Crippen LogP contribution in [0.25, 0.3) is 16.8 Å². The highest BCUT2D eigenvalue weighted by molar-refractivity contribution is 5.99. The molecule has 8 heteroatoms. The van der Waals surface area contributed by atoms with Gasteiger partial charge < -0.3 is 20.3 Å². The topological polar surface area (TPSA) is 88.5 Å². The number of ether oxygens (including phenoxy) is 1. The summed E-state index contributed by atoms with van der Waals surface area (Å²) in [7, 11) is 1.54. The van der Waals surface area contributed by atoms with Crippen LogP contribution in [0.15, 0.2) is 78.9 Å². The molecule has 38 heavy (non-hydrogen) atoms. The van der Waals surface area contributed by atoms with E-state index in [-0.39, 0.29) is 18.5 Å². The molecule has 0 atom stereocenters. The quantitative estimate of drug-likeness (QED) is 0.302. The molecule has 1 aromatic heterocycles. The summed E-state index contributed by atoms with van der Waals surface area (Å²) in [6.07, 6.45) is 0. The van der Waals surface area contributed by atoms with E-state index < -0.39 is 6.03 Å². The smallest absolute Gasteiger partial charge is 0.322 e. The van der Waals surface area contributed by atoms with Crippen LogP contribution < -0.4 is 15.4 Å². The van der Waals surface area contributed by atoms with Crippen LogP contribution in [0.3, 0.4) is 0 Å². The minimum absolute atomic E-state index is 0.148. The van der Waals surface area contributed by atoms with E-state index >= 15 is 0 Å². The van der Waals surface area contributed by atoms with E-state index in [2.05, 4.69) is 10.6 Å². The van der Waals surface area contributed by atoms with Gasteiger partial charge in [0.1, 0.15) is 18.1 Å². The first-order chi connectivity index (χ1) is 18.3. The third kappa shape index (κ3) is 5.86. The molecule has 0 aliphatic carbocycles. The maximum Gasteiger partial charge on any atom is 0.322 e. The number of amides is 3. The molecule has 0 aliphatic heterocycles. The van der Waals surface area contributed by atoms with Crippen molar-refractivity contribution in [1.82, 2.24) is 14.7 Å². The number of benzene rings is 3. The Labute approximate surface area is 223 Å². The number of carbonyl (C=O) groups excluding carboxylic acids is 2. The summed E-state index contributed by atoms with van der Waals surface area (Å²) in [6.45, 7) is 7.53. The second-order valence-electron chi connectivity index (χ2n) is 9.32. The number of aryl methyl sites for hydroxylation is 2. The van der Waals surface area contributed by atoms with Crippen LogP contribution in [-0.4, -0.2) is 46.3 Å². The summed E-state index contributed by atoms with van der Waals surface area (Å²) in [5.41, 5.74) is 5.03. The molecule has 0 saturated heterocycles. The highest BCUT2D eigenvalue weighted by Gasteiger charge is 2.24. The van der Waals surface area contributed by atoms with Gasteiger partial charge in [0.2, 0.25) is 5.91 Å². The molecule has 4 aromatic rings. The summed E-state index contributed by atoms with van der Waals surface area (Å²) < 4.78 is 7.08.